The van der Waals surface area contributed by atoms with Crippen LogP contribution in [0.5, 0.6) is 0 Å². The van der Waals surface area contributed by atoms with Crippen molar-refractivity contribution in [1.82, 2.24) is 19.6 Å². The van der Waals surface area contributed by atoms with Gasteiger partial charge in [-0.3, -0.25) is 14.5 Å². The lowest BCUT2D eigenvalue weighted by atomic mass is 9.95. The lowest BCUT2D eigenvalue weighted by Crippen LogP contribution is -2.40. The monoisotopic (exact) mass is 444 g/mol. The molecular formula is C25H37ClN4O. The van der Waals surface area contributed by atoms with Crippen molar-refractivity contribution < 1.29 is 4.74 Å². The van der Waals surface area contributed by atoms with Crippen molar-refractivity contribution in [3.63, 3.8) is 0 Å². The van der Waals surface area contributed by atoms with E-state index in [-0.39, 0.29) is 0 Å². The first kappa shape index (κ1) is 22.8. The first-order valence-electron chi connectivity index (χ1n) is 11.8. The summed E-state index contributed by atoms with van der Waals surface area (Å²) in [5.41, 5.74) is 5.07. The number of benzene rings is 1. The summed E-state index contributed by atoms with van der Waals surface area (Å²) in [6, 6.07) is 8.77. The average molecular weight is 445 g/mol. The van der Waals surface area contributed by atoms with E-state index in [9.17, 15) is 0 Å². The van der Waals surface area contributed by atoms with Gasteiger partial charge in [0.25, 0.3) is 0 Å². The van der Waals surface area contributed by atoms with Crippen molar-refractivity contribution in [3.8, 4) is 0 Å². The lowest BCUT2D eigenvalue weighted by molar-refractivity contribution is 0.0569. The highest BCUT2D eigenvalue weighted by atomic mass is 35.5. The molecular weight excluding hydrogens is 408 g/mol. The Labute approximate surface area is 192 Å². The molecule has 1 aromatic heterocycles. The van der Waals surface area contributed by atoms with Gasteiger partial charge in [0, 0.05) is 45.4 Å². The normalized spacial score (nSPS) is 20.7. The van der Waals surface area contributed by atoms with Gasteiger partial charge >= 0.3 is 0 Å². The summed E-state index contributed by atoms with van der Waals surface area (Å²) in [6.07, 6.45) is 5.23. The Balaban J connectivity index is 1.35. The number of aryl methyl sites for hydroxylation is 3. The Morgan fingerprint density at radius 1 is 1.13 bits per heavy atom. The fraction of sp³-hybridized carbons (Fsp3) is 0.640. The quantitative estimate of drug-likeness (QED) is 0.596. The molecule has 0 saturated carbocycles. The van der Waals surface area contributed by atoms with Crippen LogP contribution in [0.4, 0.5) is 0 Å². The molecule has 3 heterocycles. The molecule has 2 aliphatic rings. The molecule has 1 unspecified atom stereocenters. The van der Waals surface area contributed by atoms with Crippen LogP contribution in [0.1, 0.15) is 48.1 Å². The van der Waals surface area contributed by atoms with Crippen molar-refractivity contribution in [3.05, 3.63) is 51.8 Å². The second kappa shape index (κ2) is 10.5. The van der Waals surface area contributed by atoms with E-state index in [4.69, 9.17) is 16.3 Å². The summed E-state index contributed by atoms with van der Waals surface area (Å²) >= 11 is 6.56. The maximum atomic E-state index is 6.56. The third kappa shape index (κ3) is 5.89. The molecule has 0 spiro atoms. The zero-order valence-electron chi connectivity index (χ0n) is 19.3. The largest absolute Gasteiger partial charge is 0.377 e. The molecule has 0 N–H and O–H groups in total. The van der Waals surface area contributed by atoms with E-state index in [0.717, 1.165) is 49.6 Å². The predicted molar refractivity (Wildman–Crippen MR) is 126 cm³/mol. The smallest absolute Gasteiger partial charge is 0.131 e. The summed E-state index contributed by atoms with van der Waals surface area (Å²) in [5, 5.41) is 5.29. The molecule has 2 saturated heterocycles. The fourth-order valence-corrected chi connectivity index (χ4v) is 5.31. The minimum absolute atomic E-state index is 0.358. The van der Waals surface area contributed by atoms with Gasteiger partial charge in [0.1, 0.15) is 5.15 Å². The number of piperidine rings is 1. The third-order valence-corrected chi connectivity index (χ3v) is 7.49. The second-order valence-electron chi connectivity index (χ2n) is 9.45. The van der Waals surface area contributed by atoms with E-state index in [0.29, 0.717) is 6.10 Å². The van der Waals surface area contributed by atoms with Crippen molar-refractivity contribution in [2.75, 3.05) is 32.8 Å². The number of aromatic nitrogens is 2. The molecule has 0 amide bonds. The number of halogens is 1. The summed E-state index contributed by atoms with van der Waals surface area (Å²) in [5.74, 6) is 0.727. The molecule has 2 aromatic rings. The van der Waals surface area contributed by atoms with Gasteiger partial charge in [0.2, 0.25) is 0 Å². The average Bonchev–Trinajstić information content (AvgIpc) is 3.35. The fourth-order valence-electron chi connectivity index (χ4n) is 5.08. The third-order valence-electron chi connectivity index (χ3n) is 7.02. The van der Waals surface area contributed by atoms with Crippen LogP contribution in [-0.2, 0) is 24.9 Å². The number of likely N-dealkylation sites (tertiary alicyclic amines) is 1. The van der Waals surface area contributed by atoms with Crippen LogP contribution >= 0.6 is 11.6 Å². The Morgan fingerprint density at radius 2 is 1.90 bits per heavy atom. The minimum Gasteiger partial charge on any atom is -0.377 e. The summed E-state index contributed by atoms with van der Waals surface area (Å²) in [4.78, 5) is 5.19. The first-order valence-corrected chi connectivity index (χ1v) is 12.2. The molecule has 5 nitrogen and oxygen atoms in total. The van der Waals surface area contributed by atoms with Gasteiger partial charge in [-0.15, -0.1) is 0 Å². The Bertz CT molecular complexity index is 853. The standard InChI is InChI=1S/C25H37ClN4O/c1-19-7-4-5-8-22(19)16-29-12-10-21(11-13-29)15-30(17-23-9-6-14-31-23)18-24-20(2)27-28(3)25(24)26/h4-5,7-8,21,23H,6,9-18H2,1-3H3. The van der Waals surface area contributed by atoms with Crippen LogP contribution in [0.2, 0.25) is 5.15 Å². The van der Waals surface area contributed by atoms with E-state index in [1.807, 2.05) is 7.05 Å². The number of ether oxygens (including phenoxy) is 1. The van der Waals surface area contributed by atoms with Gasteiger partial charge in [-0.25, -0.2) is 0 Å². The van der Waals surface area contributed by atoms with Gasteiger partial charge in [-0.05, 0) is 69.7 Å². The van der Waals surface area contributed by atoms with E-state index >= 15 is 0 Å². The van der Waals surface area contributed by atoms with E-state index in [2.05, 4.69) is 53.0 Å². The van der Waals surface area contributed by atoms with Crippen LogP contribution in [-0.4, -0.2) is 58.5 Å². The molecule has 0 bridgehead atoms. The molecule has 0 aliphatic carbocycles. The number of hydrogen-bond donors (Lipinski definition) is 0. The van der Waals surface area contributed by atoms with Crippen LogP contribution in [0.3, 0.4) is 0 Å². The lowest BCUT2D eigenvalue weighted by Gasteiger charge is -2.35. The SMILES string of the molecule is Cc1ccccc1CN1CCC(CN(Cc2c(C)nn(C)c2Cl)CC2CCCO2)CC1. The second-order valence-corrected chi connectivity index (χ2v) is 9.81. The molecule has 1 atom stereocenters. The molecule has 6 heteroatoms. The molecule has 2 fully saturated rings. The van der Waals surface area contributed by atoms with Gasteiger partial charge in [-0.1, -0.05) is 35.9 Å². The van der Waals surface area contributed by atoms with Crippen molar-refractivity contribution in [2.45, 2.75) is 58.7 Å². The zero-order valence-corrected chi connectivity index (χ0v) is 20.1. The maximum Gasteiger partial charge on any atom is 0.131 e. The molecule has 4 rings (SSSR count). The highest BCUT2D eigenvalue weighted by Gasteiger charge is 2.26. The highest BCUT2D eigenvalue weighted by Crippen LogP contribution is 2.26. The van der Waals surface area contributed by atoms with Crippen LogP contribution in [0.15, 0.2) is 24.3 Å². The Hall–Kier alpha value is -1.40. The van der Waals surface area contributed by atoms with Crippen molar-refractivity contribution in [2.24, 2.45) is 13.0 Å². The minimum atomic E-state index is 0.358. The van der Waals surface area contributed by atoms with Crippen molar-refractivity contribution in [1.29, 1.82) is 0 Å². The van der Waals surface area contributed by atoms with Gasteiger partial charge < -0.3 is 4.74 Å². The first-order chi connectivity index (χ1) is 15.0. The van der Waals surface area contributed by atoms with E-state index in [1.165, 1.54) is 55.5 Å². The molecule has 2 aliphatic heterocycles. The molecule has 31 heavy (non-hydrogen) atoms. The Morgan fingerprint density at radius 3 is 2.55 bits per heavy atom. The topological polar surface area (TPSA) is 33.5 Å². The number of nitrogens with zero attached hydrogens (tertiary/aromatic N) is 4. The highest BCUT2D eigenvalue weighted by molar-refractivity contribution is 6.30. The Kier molecular flexibility index (Phi) is 7.70. The molecule has 1 aromatic carbocycles. The molecule has 0 radical (unpaired) electrons. The van der Waals surface area contributed by atoms with E-state index in [1.54, 1.807) is 4.68 Å². The number of rotatable bonds is 8. The zero-order chi connectivity index (χ0) is 21.8. The summed E-state index contributed by atoms with van der Waals surface area (Å²) < 4.78 is 7.76. The van der Waals surface area contributed by atoms with Crippen LogP contribution in [0.25, 0.3) is 0 Å². The van der Waals surface area contributed by atoms with Gasteiger partial charge in [0.05, 0.1) is 11.8 Å². The number of hydrogen-bond acceptors (Lipinski definition) is 4. The van der Waals surface area contributed by atoms with Gasteiger partial charge in [-0.2, -0.15) is 5.10 Å². The summed E-state index contributed by atoms with van der Waals surface area (Å²) in [7, 11) is 1.92. The van der Waals surface area contributed by atoms with Gasteiger partial charge in [0.15, 0.2) is 0 Å². The van der Waals surface area contributed by atoms with Crippen LogP contribution < -0.4 is 0 Å². The van der Waals surface area contributed by atoms with Crippen molar-refractivity contribution >= 4 is 11.6 Å². The maximum absolute atomic E-state index is 6.56. The predicted octanol–water partition coefficient (Wildman–Crippen LogP) is 4.58. The van der Waals surface area contributed by atoms with Crippen LogP contribution in [0, 0.1) is 19.8 Å². The summed E-state index contributed by atoms with van der Waals surface area (Å²) in [6.45, 7) is 11.6. The van der Waals surface area contributed by atoms with E-state index < -0.39 is 0 Å². The molecule has 170 valence electrons.